The predicted molar refractivity (Wildman–Crippen MR) is 112 cm³/mol. The number of carbonyl (C=O) groups is 1. The van der Waals surface area contributed by atoms with Gasteiger partial charge >= 0.3 is 0 Å². The van der Waals surface area contributed by atoms with Gasteiger partial charge in [0.25, 0.3) is 5.91 Å². The van der Waals surface area contributed by atoms with Crippen molar-refractivity contribution in [2.45, 2.75) is 54.4 Å². The highest BCUT2D eigenvalue weighted by Crippen LogP contribution is 2.41. The van der Waals surface area contributed by atoms with Crippen molar-refractivity contribution in [3.8, 4) is 0 Å². The van der Waals surface area contributed by atoms with Gasteiger partial charge in [-0.25, -0.2) is 0 Å². The van der Waals surface area contributed by atoms with Gasteiger partial charge in [-0.1, -0.05) is 48.9 Å². The third kappa shape index (κ3) is 4.01. The zero-order valence-corrected chi connectivity index (χ0v) is 16.2. The van der Waals surface area contributed by atoms with E-state index in [-0.39, 0.29) is 5.91 Å². The van der Waals surface area contributed by atoms with Crippen molar-refractivity contribution in [1.29, 1.82) is 0 Å². The first kappa shape index (κ1) is 18.1. The molecule has 2 aliphatic rings. The topological polar surface area (TPSA) is 41.5 Å². The zero-order valence-electron chi connectivity index (χ0n) is 15.4. The van der Waals surface area contributed by atoms with Gasteiger partial charge < -0.3 is 5.32 Å². The van der Waals surface area contributed by atoms with Crippen LogP contribution in [-0.2, 0) is 0 Å². The molecule has 0 radical (unpaired) electrons. The van der Waals surface area contributed by atoms with Crippen molar-refractivity contribution in [3.05, 3.63) is 66.2 Å². The van der Waals surface area contributed by atoms with Crippen LogP contribution >= 0.6 is 11.8 Å². The molecule has 0 atom stereocenters. The SMILES string of the molecule is C=CCCC1=Nc2cc(C(=O)NC3CCCC3)ccc2Sc2ccccc21. The van der Waals surface area contributed by atoms with Crippen LogP contribution in [-0.4, -0.2) is 17.7 Å². The smallest absolute Gasteiger partial charge is 0.251 e. The standard InChI is InChI=1S/C23H24N2OS/c1-2-3-11-19-18-10-6-7-12-21(18)27-22-14-13-16(15-20(22)25-19)23(26)24-17-8-4-5-9-17/h2,6-7,10,12-15,17H,1,3-5,8-9,11H2,(H,24,26). The summed E-state index contributed by atoms with van der Waals surface area (Å²) in [4.78, 5) is 19.9. The molecule has 1 aliphatic heterocycles. The Balaban J connectivity index is 1.67. The highest BCUT2D eigenvalue weighted by Gasteiger charge is 2.21. The quantitative estimate of drug-likeness (QED) is 0.659. The van der Waals surface area contributed by atoms with E-state index < -0.39 is 0 Å². The van der Waals surface area contributed by atoms with Crippen molar-refractivity contribution < 1.29 is 4.79 Å². The number of hydrogen-bond donors (Lipinski definition) is 1. The number of hydrogen-bond acceptors (Lipinski definition) is 3. The molecule has 1 amide bonds. The second-order valence-corrected chi connectivity index (χ2v) is 8.21. The van der Waals surface area contributed by atoms with Gasteiger partial charge in [0, 0.05) is 32.7 Å². The zero-order chi connectivity index (χ0) is 18.6. The fraction of sp³-hybridized carbons (Fsp3) is 0.304. The van der Waals surface area contributed by atoms with E-state index in [1.807, 2.05) is 24.3 Å². The Hall–Kier alpha value is -2.33. The second-order valence-electron chi connectivity index (χ2n) is 7.12. The van der Waals surface area contributed by atoms with Crippen molar-refractivity contribution >= 4 is 29.1 Å². The van der Waals surface area contributed by atoms with Gasteiger partial charge in [-0.15, -0.1) is 6.58 Å². The van der Waals surface area contributed by atoms with Gasteiger partial charge in [-0.05, 0) is 49.9 Å². The number of nitrogens with zero attached hydrogens (tertiary/aromatic N) is 1. The fourth-order valence-electron chi connectivity index (χ4n) is 3.72. The van der Waals surface area contributed by atoms with Gasteiger partial charge in [-0.2, -0.15) is 0 Å². The molecule has 2 aromatic carbocycles. The van der Waals surface area contributed by atoms with Crippen LogP contribution in [0.4, 0.5) is 5.69 Å². The van der Waals surface area contributed by atoms with E-state index >= 15 is 0 Å². The monoisotopic (exact) mass is 376 g/mol. The summed E-state index contributed by atoms with van der Waals surface area (Å²) in [5, 5.41) is 3.17. The van der Waals surface area contributed by atoms with Gasteiger partial charge in [0.05, 0.1) is 5.69 Å². The Bertz CT molecular complexity index is 897. The molecule has 0 aromatic heterocycles. The van der Waals surface area contributed by atoms with E-state index in [1.54, 1.807) is 11.8 Å². The number of amides is 1. The maximum atomic E-state index is 12.7. The number of aliphatic imine (C=N–C) groups is 1. The van der Waals surface area contributed by atoms with Gasteiger partial charge in [0.1, 0.15) is 0 Å². The predicted octanol–water partition coefficient (Wildman–Crippen LogP) is 5.91. The first-order valence-electron chi connectivity index (χ1n) is 9.65. The van der Waals surface area contributed by atoms with E-state index in [4.69, 9.17) is 4.99 Å². The Labute approximate surface area is 165 Å². The van der Waals surface area contributed by atoms with Gasteiger partial charge in [0.15, 0.2) is 0 Å². The van der Waals surface area contributed by atoms with Crippen LogP contribution in [0.25, 0.3) is 0 Å². The van der Waals surface area contributed by atoms with E-state index in [0.29, 0.717) is 11.6 Å². The average Bonchev–Trinajstić information content (AvgIpc) is 3.13. The molecule has 3 nitrogen and oxygen atoms in total. The number of allylic oxidation sites excluding steroid dienone is 1. The lowest BCUT2D eigenvalue weighted by molar-refractivity contribution is 0.0938. The van der Waals surface area contributed by atoms with Crippen LogP contribution in [0.1, 0.15) is 54.4 Å². The lowest BCUT2D eigenvalue weighted by atomic mass is 10.1. The molecule has 138 valence electrons. The van der Waals surface area contributed by atoms with Crippen LogP contribution in [0.5, 0.6) is 0 Å². The molecule has 1 aliphatic carbocycles. The first-order valence-corrected chi connectivity index (χ1v) is 10.5. The van der Waals surface area contributed by atoms with Crippen molar-refractivity contribution in [2.24, 2.45) is 4.99 Å². The van der Waals surface area contributed by atoms with Gasteiger partial charge in [0.2, 0.25) is 0 Å². The third-order valence-corrected chi connectivity index (χ3v) is 6.31. The largest absolute Gasteiger partial charge is 0.349 e. The van der Waals surface area contributed by atoms with Crippen molar-refractivity contribution in [2.75, 3.05) is 0 Å². The lowest BCUT2D eigenvalue weighted by Crippen LogP contribution is -2.32. The molecular formula is C23H24N2OS. The van der Waals surface area contributed by atoms with Crippen LogP contribution in [0.15, 0.2) is 69.9 Å². The summed E-state index contributed by atoms with van der Waals surface area (Å²) in [5.41, 5.74) is 3.82. The Morgan fingerprint density at radius 2 is 2.00 bits per heavy atom. The summed E-state index contributed by atoms with van der Waals surface area (Å²) in [6.07, 6.45) is 8.25. The number of fused-ring (bicyclic) bond motifs is 2. The highest BCUT2D eigenvalue weighted by molar-refractivity contribution is 7.99. The number of rotatable bonds is 5. The molecule has 1 saturated carbocycles. The Morgan fingerprint density at radius 3 is 2.81 bits per heavy atom. The molecule has 0 saturated heterocycles. The van der Waals surface area contributed by atoms with E-state index in [0.717, 1.165) is 42.0 Å². The lowest BCUT2D eigenvalue weighted by Gasteiger charge is -2.12. The number of benzene rings is 2. The van der Waals surface area contributed by atoms with Crippen molar-refractivity contribution in [1.82, 2.24) is 5.32 Å². The molecule has 4 heteroatoms. The maximum absolute atomic E-state index is 12.7. The normalized spacial score (nSPS) is 16.1. The summed E-state index contributed by atoms with van der Waals surface area (Å²) < 4.78 is 0. The van der Waals surface area contributed by atoms with E-state index in [9.17, 15) is 4.79 Å². The molecule has 0 bridgehead atoms. The first-order chi connectivity index (χ1) is 13.2. The fourth-order valence-corrected chi connectivity index (χ4v) is 4.74. The average molecular weight is 377 g/mol. The van der Waals surface area contributed by atoms with Crippen LogP contribution < -0.4 is 5.32 Å². The van der Waals surface area contributed by atoms with Crippen LogP contribution in [0.2, 0.25) is 0 Å². The molecule has 1 N–H and O–H groups in total. The summed E-state index contributed by atoms with van der Waals surface area (Å²) in [6, 6.07) is 14.6. The summed E-state index contributed by atoms with van der Waals surface area (Å²) in [5.74, 6) is 0.0132. The van der Waals surface area contributed by atoms with Gasteiger partial charge in [-0.3, -0.25) is 9.79 Å². The van der Waals surface area contributed by atoms with E-state index in [2.05, 4.69) is 36.2 Å². The number of nitrogens with one attached hydrogen (secondary N) is 1. The Morgan fingerprint density at radius 1 is 1.19 bits per heavy atom. The minimum atomic E-state index is 0.0132. The van der Waals surface area contributed by atoms with Crippen LogP contribution in [0, 0.1) is 0 Å². The molecule has 1 heterocycles. The molecule has 0 spiro atoms. The van der Waals surface area contributed by atoms with Crippen LogP contribution in [0.3, 0.4) is 0 Å². The Kier molecular flexibility index (Phi) is 5.44. The molecule has 4 rings (SSSR count). The van der Waals surface area contributed by atoms with Crippen molar-refractivity contribution in [3.63, 3.8) is 0 Å². The van der Waals surface area contributed by atoms with E-state index in [1.165, 1.54) is 23.3 Å². The molecule has 27 heavy (non-hydrogen) atoms. The molecular weight excluding hydrogens is 352 g/mol. The molecule has 1 fully saturated rings. The summed E-state index contributed by atoms with van der Waals surface area (Å²) in [7, 11) is 0. The highest BCUT2D eigenvalue weighted by atomic mass is 32.2. The molecule has 2 aromatic rings. The molecule has 0 unspecified atom stereocenters. The summed E-state index contributed by atoms with van der Waals surface area (Å²) in [6.45, 7) is 3.84. The third-order valence-electron chi connectivity index (χ3n) is 5.17. The maximum Gasteiger partial charge on any atom is 0.251 e. The number of carbonyl (C=O) groups excluding carboxylic acids is 1. The minimum absolute atomic E-state index is 0.0132. The second kappa shape index (κ2) is 8.13. The summed E-state index contributed by atoms with van der Waals surface area (Å²) >= 11 is 1.72. The minimum Gasteiger partial charge on any atom is -0.349 e.